The Morgan fingerprint density at radius 3 is 2.76 bits per heavy atom. The molecule has 0 aliphatic rings. The smallest absolute Gasteiger partial charge is 0.256 e. The van der Waals surface area contributed by atoms with Crippen LogP contribution in [-0.2, 0) is 6.42 Å². The average molecular weight is 357 g/mol. The van der Waals surface area contributed by atoms with Crippen molar-refractivity contribution in [2.24, 2.45) is 0 Å². The maximum absolute atomic E-state index is 12.3. The maximum atomic E-state index is 12.3. The number of hydrogen-bond donors (Lipinski definition) is 1. The molecule has 0 spiro atoms. The number of hydrogen-bond acceptors (Lipinski definition) is 3. The molecule has 0 unspecified atom stereocenters. The minimum absolute atomic E-state index is 0.0618. The lowest BCUT2D eigenvalue weighted by molar-refractivity contribution is 0.0944. The molecule has 3 aromatic rings. The molecule has 130 valence electrons. The van der Waals surface area contributed by atoms with E-state index in [2.05, 4.69) is 15.4 Å². The topological polar surface area (TPSA) is 59.3 Å². The number of halogens is 1. The zero-order valence-corrected chi connectivity index (χ0v) is 15.6. The Bertz CT molecular complexity index is 946. The fourth-order valence-corrected chi connectivity index (χ4v) is 3.13. The van der Waals surface area contributed by atoms with Gasteiger partial charge in [-0.2, -0.15) is 5.10 Å². The summed E-state index contributed by atoms with van der Waals surface area (Å²) in [5.41, 5.74) is 5.16. The van der Waals surface area contributed by atoms with Crippen molar-refractivity contribution in [2.45, 2.75) is 40.2 Å². The van der Waals surface area contributed by atoms with Gasteiger partial charge in [0.15, 0.2) is 5.65 Å². The van der Waals surface area contributed by atoms with Gasteiger partial charge in [-0.3, -0.25) is 4.79 Å². The minimum atomic E-state index is -0.154. The van der Waals surface area contributed by atoms with Crippen LogP contribution in [0.3, 0.4) is 0 Å². The van der Waals surface area contributed by atoms with E-state index in [0.29, 0.717) is 22.7 Å². The molecular weight excluding hydrogens is 336 g/mol. The third kappa shape index (κ3) is 3.51. The molecule has 25 heavy (non-hydrogen) atoms. The van der Waals surface area contributed by atoms with Gasteiger partial charge in [0.2, 0.25) is 0 Å². The standard InChI is InChI=1S/C19H21ClN4O/c1-11(2)22-19(25)17-10-21-24-13(4)16(12(3)23-18(17)24)9-14-6-5-7-15(20)8-14/h5-8,10-11H,9H2,1-4H3,(H,22,25). The predicted octanol–water partition coefficient (Wildman–Crippen LogP) is 3.73. The highest BCUT2D eigenvalue weighted by Gasteiger charge is 2.18. The Morgan fingerprint density at radius 1 is 1.32 bits per heavy atom. The Morgan fingerprint density at radius 2 is 2.08 bits per heavy atom. The van der Waals surface area contributed by atoms with Gasteiger partial charge < -0.3 is 5.32 Å². The third-order valence-corrected chi connectivity index (χ3v) is 4.38. The van der Waals surface area contributed by atoms with Crippen LogP contribution in [-0.4, -0.2) is 26.5 Å². The van der Waals surface area contributed by atoms with Crippen LogP contribution in [0.2, 0.25) is 5.02 Å². The fraction of sp³-hybridized carbons (Fsp3) is 0.316. The molecular formula is C19H21ClN4O. The van der Waals surface area contributed by atoms with Gasteiger partial charge >= 0.3 is 0 Å². The zero-order valence-electron chi connectivity index (χ0n) is 14.8. The number of nitrogens with zero attached hydrogens (tertiary/aromatic N) is 3. The second kappa shape index (κ2) is 6.84. The van der Waals surface area contributed by atoms with E-state index in [-0.39, 0.29) is 11.9 Å². The van der Waals surface area contributed by atoms with Crippen molar-refractivity contribution in [2.75, 3.05) is 0 Å². The van der Waals surface area contributed by atoms with Gasteiger partial charge in [0.05, 0.1) is 6.20 Å². The molecule has 1 aromatic carbocycles. The van der Waals surface area contributed by atoms with Gasteiger partial charge in [-0.1, -0.05) is 23.7 Å². The Labute approximate surface area is 152 Å². The Balaban J connectivity index is 2.04. The van der Waals surface area contributed by atoms with Crippen LogP contribution in [0.5, 0.6) is 0 Å². The summed E-state index contributed by atoms with van der Waals surface area (Å²) in [6.45, 7) is 7.82. The van der Waals surface area contributed by atoms with E-state index < -0.39 is 0 Å². The number of rotatable bonds is 4. The van der Waals surface area contributed by atoms with Gasteiger partial charge in [0.1, 0.15) is 5.56 Å². The highest BCUT2D eigenvalue weighted by atomic mass is 35.5. The molecule has 0 saturated carbocycles. The van der Waals surface area contributed by atoms with Crippen molar-refractivity contribution in [1.29, 1.82) is 0 Å². The van der Waals surface area contributed by atoms with Gasteiger partial charge in [-0.25, -0.2) is 9.50 Å². The first-order valence-electron chi connectivity index (χ1n) is 8.26. The van der Waals surface area contributed by atoms with Crippen LogP contribution in [0, 0.1) is 13.8 Å². The number of fused-ring (bicyclic) bond motifs is 1. The van der Waals surface area contributed by atoms with E-state index >= 15 is 0 Å². The molecule has 2 aromatic heterocycles. The summed E-state index contributed by atoms with van der Waals surface area (Å²) < 4.78 is 1.74. The van der Waals surface area contributed by atoms with Crippen LogP contribution in [0.25, 0.3) is 5.65 Å². The molecule has 0 bridgehead atoms. The van der Waals surface area contributed by atoms with E-state index in [0.717, 1.165) is 22.5 Å². The van der Waals surface area contributed by atoms with E-state index in [9.17, 15) is 4.79 Å². The normalized spacial score (nSPS) is 11.3. The highest BCUT2D eigenvalue weighted by molar-refractivity contribution is 6.30. The van der Waals surface area contributed by atoms with Crippen LogP contribution < -0.4 is 5.32 Å². The Hall–Kier alpha value is -2.40. The summed E-state index contributed by atoms with van der Waals surface area (Å²) in [5, 5.41) is 7.98. The quantitative estimate of drug-likeness (QED) is 0.774. The number of carbonyl (C=O) groups is 1. The van der Waals surface area contributed by atoms with E-state index in [1.807, 2.05) is 52.0 Å². The molecule has 1 N–H and O–H groups in total. The SMILES string of the molecule is Cc1nc2c(C(=O)NC(C)C)cnn2c(C)c1Cc1cccc(Cl)c1. The molecule has 0 aliphatic carbocycles. The predicted molar refractivity (Wildman–Crippen MR) is 99.3 cm³/mol. The number of benzene rings is 1. The lowest BCUT2D eigenvalue weighted by Crippen LogP contribution is -2.30. The van der Waals surface area contributed by atoms with Crippen LogP contribution in [0.1, 0.15) is 46.7 Å². The molecule has 0 atom stereocenters. The minimum Gasteiger partial charge on any atom is -0.350 e. The Kier molecular flexibility index (Phi) is 4.77. The molecule has 0 aliphatic heterocycles. The molecule has 6 heteroatoms. The molecule has 0 fully saturated rings. The van der Waals surface area contributed by atoms with Crippen molar-refractivity contribution < 1.29 is 4.79 Å². The van der Waals surface area contributed by atoms with E-state index in [1.54, 1.807) is 10.7 Å². The lowest BCUT2D eigenvalue weighted by Gasteiger charge is -2.12. The molecule has 5 nitrogen and oxygen atoms in total. The second-order valence-corrected chi connectivity index (χ2v) is 6.93. The van der Waals surface area contributed by atoms with E-state index in [4.69, 9.17) is 11.6 Å². The van der Waals surface area contributed by atoms with E-state index in [1.165, 1.54) is 0 Å². The van der Waals surface area contributed by atoms with Crippen molar-refractivity contribution >= 4 is 23.2 Å². The van der Waals surface area contributed by atoms with Crippen molar-refractivity contribution in [3.8, 4) is 0 Å². The van der Waals surface area contributed by atoms with Crippen molar-refractivity contribution in [1.82, 2.24) is 19.9 Å². The second-order valence-electron chi connectivity index (χ2n) is 6.49. The largest absolute Gasteiger partial charge is 0.350 e. The first-order chi connectivity index (χ1) is 11.9. The number of nitrogens with one attached hydrogen (secondary N) is 1. The van der Waals surface area contributed by atoms with Crippen LogP contribution in [0.15, 0.2) is 30.5 Å². The van der Waals surface area contributed by atoms with Gasteiger partial charge in [0, 0.05) is 28.9 Å². The molecule has 0 saturated heterocycles. The molecule has 0 radical (unpaired) electrons. The first-order valence-corrected chi connectivity index (χ1v) is 8.63. The molecule has 3 rings (SSSR count). The van der Waals surface area contributed by atoms with Gasteiger partial charge in [-0.15, -0.1) is 0 Å². The summed E-state index contributed by atoms with van der Waals surface area (Å²) in [4.78, 5) is 17.0. The summed E-state index contributed by atoms with van der Waals surface area (Å²) in [6.07, 6.45) is 2.30. The van der Waals surface area contributed by atoms with Crippen molar-refractivity contribution in [3.63, 3.8) is 0 Å². The number of carbonyl (C=O) groups excluding carboxylic acids is 1. The summed E-state index contributed by atoms with van der Waals surface area (Å²) in [5.74, 6) is -0.154. The zero-order chi connectivity index (χ0) is 18.1. The summed E-state index contributed by atoms with van der Waals surface area (Å²) in [6, 6.07) is 7.86. The monoisotopic (exact) mass is 356 g/mol. The van der Waals surface area contributed by atoms with Crippen LogP contribution in [0.4, 0.5) is 0 Å². The summed E-state index contributed by atoms with van der Waals surface area (Å²) >= 11 is 6.09. The lowest BCUT2D eigenvalue weighted by atomic mass is 10.0. The highest BCUT2D eigenvalue weighted by Crippen LogP contribution is 2.21. The fourth-order valence-electron chi connectivity index (χ4n) is 2.92. The first kappa shape index (κ1) is 17.4. The number of amides is 1. The van der Waals surface area contributed by atoms with Crippen molar-refractivity contribution in [3.05, 3.63) is 63.6 Å². The van der Waals surface area contributed by atoms with Gasteiger partial charge in [0.25, 0.3) is 5.91 Å². The number of aromatic nitrogens is 3. The maximum Gasteiger partial charge on any atom is 0.256 e. The van der Waals surface area contributed by atoms with Crippen LogP contribution >= 0.6 is 11.6 Å². The average Bonchev–Trinajstić information content (AvgIpc) is 2.94. The third-order valence-electron chi connectivity index (χ3n) is 4.14. The number of aryl methyl sites for hydroxylation is 2. The summed E-state index contributed by atoms with van der Waals surface area (Å²) in [7, 11) is 0. The molecule has 2 heterocycles. The van der Waals surface area contributed by atoms with Gasteiger partial charge in [-0.05, 0) is 51.0 Å². The molecule has 1 amide bonds.